The van der Waals surface area contributed by atoms with Gasteiger partial charge in [0.2, 0.25) is 0 Å². The fourth-order valence-corrected chi connectivity index (χ4v) is 10.6. The number of aromatic nitrogens is 3. The molecule has 292 valence electrons. The van der Waals surface area contributed by atoms with Crippen molar-refractivity contribution >= 4 is 76.2 Å². The molecular formula is C59H35N3O. The first-order chi connectivity index (χ1) is 31.2. The van der Waals surface area contributed by atoms with Gasteiger partial charge in [-0.15, -0.1) is 0 Å². The zero-order chi connectivity index (χ0) is 41.2. The lowest BCUT2D eigenvalue weighted by Crippen LogP contribution is -2.02. The van der Waals surface area contributed by atoms with Gasteiger partial charge >= 0.3 is 0 Å². The van der Waals surface area contributed by atoms with E-state index in [9.17, 15) is 0 Å². The van der Waals surface area contributed by atoms with Gasteiger partial charge in [0.25, 0.3) is 0 Å². The fourth-order valence-electron chi connectivity index (χ4n) is 10.6. The summed E-state index contributed by atoms with van der Waals surface area (Å²) in [6.07, 6.45) is 0.880. The Hall–Kier alpha value is -8.34. The van der Waals surface area contributed by atoms with E-state index in [-0.39, 0.29) is 0 Å². The molecule has 0 spiro atoms. The first-order valence-corrected chi connectivity index (χ1v) is 21.6. The third kappa shape index (κ3) is 4.98. The second kappa shape index (κ2) is 13.1. The zero-order valence-electron chi connectivity index (χ0n) is 34.0. The highest BCUT2D eigenvalue weighted by atomic mass is 16.3. The molecule has 1 aliphatic rings. The zero-order valence-corrected chi connectivity index (χ0v) is 34.0. The van der Waals surface area contributed by atoms with Crippen LogP contribution in [0.3, 0.4) is 0 Å². The van der Waals surface area contributed by atoms with Gasteiger partial charge in [0.15, 0.2) is 11.4 Å². The van der Waals surface area contributed by atoms with Crippen LogP contribution >= 0.6 is 0 Å². The number of rotatable bonds is 4. The topological polar surface area (TPSA) is 43.9 Å². The summed E-state index contributed by atoms with van der Waals surface area (Å²) in [6, 6.07) is 72.2. The lowest BCUT2D eigenvalue weighted by molar-refractivity contribution is 0.667. The Labute approximate surface area is 362 Å². The highest BCUT2D eigenvalue weighted by molar-refractivity contribution is 6.26. The third-order valence-corrected chi connectivity index (χ3v) is 13.4. The second-order valence-corrected chi connectivity index (χ2v) is 16.8. The lowest BCUT2D eigenvalue weighted by atomic mass is 9.92. The predicted octanol–water partition coefficient (Wildman–Crippen LogP) is 15.5. The van der Waals surface area contributed by atoms with Gasteiger partial charge in [0.1, 0.15) is 16.8 Å². The third-order valence-electron chi connectivity index (χ3n) is 13.4. The Morgan fingerprint density at radius 1 is 0.397 bits per heavy atom. The molecule has 63 heavy (non-hydrogen) atoms. The molecule has 0 amide bonds. The van der Waals surface area contributed by atoms with Crippen LogP contribution in [0.15, 0.2) is 205 Å². The van der Waals surface area contributed by atoms with Crippen molar-refractivity contribution in [3.8, 4) is 50.6 Å². The Morgan fingerprint density at radius 2 is 0.984 bits per heavy atom. The molecule has 0 saturated heterocycles. The normalized spacial score (nSPS) is 12.4. The van der Waals surface area contributed by atoms with Gasteiger partial charge in [-0.05, 0) is 109 Å². The van der Waals surface area contributed by atoms with Crippen molar-refractivity contribution in [1.29, 1.82) is 0 Å². The number of fused-ring (bicyclic) bond motifs is 15. The molecule has 14 rings (SSSR count). The minimum Gasteiger partial charge on any atom is -0.452 e. The summed E-state index contributed by atoms with van der Waals surface area (Å²) in [5.41, 5.74) is 15.6. The van der Waals surface area contributed by atoms with Crippen molar-refractivity contribution in [3.05, 3.63) is 211 Å². The van der Waals surface area contributed by atoms with Crippen LogP contribution in [0.25, 0.3) is 127 Å². The Bertz CT molecular complexity index is 4010. The van der Waals surface area contributed by atoms with Crippen molar-refractivity contribution in [2.75, 3.05) is 0 Å². The van der Waals surface area contributed by atoms with Crippen LogP contribution in [-0.4, -0.2) is 14.5 Å². The van der Waals surface area contributed by atoms with Gasteiger partial charge in [-0.2, -0.15) is 0 Å². The van der Waals surface area contributed by atoms with Crippen molar-refractivity contribution in [3.63, 3.8) is 0 Å². The lowest BCUT2D eigenvalue weighted by Gasteiger charge is -2.18. The van der Waals surface area contributed by atoms with Crippen molar-refractivity contribution in [2.45, 2.75) is 6.42 Å². The quantitative estimate of drug-likeness (QED) is 0.167. The van der Waals surface area contributed by atoms with E-state index in [1.807, 2.05) is 0 Å². The summed E-state index contributed by atoms with van der Waals surface area (Å²) in [4.78, 5) is 11.4. The number of hydrogen-bond donors (Lipinski definition) is 0. The molecule has 1 aliphatic carbocycles. The van der Waals surface area contributed by atoms with Gasteiger partial charge in [0.05, 0.1) is 16.7 Å². The van der Waals surface area contributed by atoms with Crippen LogP contribution in [0.1, 0.15) is 11.1 Å². The maximum absolute atomic E-state index is 6.93. The smallest absolute Gasteiger partial charge is 0.180 e. The van der Waals surface area contributed by atoms with Crippen LogP contribution in [0.4, 0.5) is 0 Å². The summed E-state index contributed by atoms with van der Waals surface area (Å²) in [5, 5.41) is 10.6. The van der Waals surface area contributed by atoms with Crippen molar-refractivity contribution in [2.24, 2.45) is 0 Å². The molecule has 0 radical (unpaired) electrons. The molecule has 10 aromatic carbocycles. The second-order valence-electron chi connectivity index (χ2n) is 16.8. The predicted molar refractivity (Wildman–Crippen MR) is 261 cm³/mol. The minimum atomic E-state index is 0.644. The van der Waals surface area contributed by atoms with Crippen LogP contribution < -0.4 is 0 Å². The molecule has 0 fully saturated rings. The molecule has 3 aromatic heterocycles. The molecular weight excluding hydrogens is 767 g/mol. The number of furan rings is 1. The monoisotopic (exact) mass is 801 g/mol. The summed E-state index contributed by atoms with van der Waals surface area (Å²) < 4.78 is 9.36. The molecule has 13 aromatic rings. The van der Waals surface area contributed by atoms with E-state index in [1.54, 1.807) is 0 Å². The molecule has 0 atom stereocenters. The summed E-state index contributed by atoms with van der Waals surface area (Å²) in [7, 11) is 0. The van der Waals surface area contributed by atoms with E-state index in [0.29, 0.717) is 11.4 Å². The van der Waals surface area contributed by atoms with Gasteiger partial charge in [-0.25, -0.2) is 9.97 Å². The molecule has 0 N–H and O–H groups in total. The van der Waals surface area contributed by atoms with Crippen LogP contribution in [0.2, 0.25) is 0 Å². The molecule has 0 aliphatic heterocycles. The maximum atomic E-state index is 6.93. The Balaban J connectivity index is 1.16. The van der Waals surface area contributed by atoms with Crippen molar-refractivity contribution in [1.82, 2.24) is 14.5 Å². The largest absolute Gasteiger partial charge is 0.452 e. The molecule has 4 heteroatoms. The highest BCUT2D eigenvalue weighted by Gasteiger charge is 2.28. The van der Waals surface area contributed by atoms with Crippen LogP contribution in [-0.2, 0) is 6.42 Å². The number of nitrogens with zero attached hydrogens (tertiary/aromatic N) is 3. The van der Waals surface area contributed by atoms with Crippen LogP contribution in [0.5, 0.6) is 0 Å². The fraction of sp³-hybridized carbons (Fsp3) is 0.0169. The Morgan fingerprint density at radius 3 is 1.71 bits per heavy atom. The van der Waals surface area contributed by atoms with E-state index >= 15 is 0 Å². The van der Waals surface area contributed by atoms with Gasteiger partial charge in [-0.3, -0.25) is 0 Å². The van der Waals surface area contributed by atoms with Gasteiger partial charge < -0.3 is 8.98 Å². The van der Waals surface area contributed by atoms with E-state index in [0.717, 1.165) is 73.0 Å². The van der Waals surface area contributed by atoms with E-state index in [1.165, 1.54) is 60.0 Å². The summed E-state index contributed by atoms with van der Waals surface area (Å²) in [6.45, 7) is 0. The molecule has 3 heterocycles. The highest BCUT2D eigenvalue weighted by Crippen LogP contribution is 2.47. The van der Waals surface area contributed by atoms with E-state index in [4.69, 9.17) is 14.4 Å². The number of benzene rings is 10. The first-order valence-electron chi connectivity index (χ1n) is 21.6. The maximum Gasteiger partial charge on any atom is 0.180 e. The average Bonchev–Trinajstić information content (AvgIpc) is 4.03. The minimum absolute atomic E-state index is 0.644. The number of para-hydroxylation sites is 2. The van der Waals surface area contributed by atoms with Crippen LogP contribution in [0, 0.1) is 0 Å². The molecule has 4 nitrogen and oxygen atoms in total. The summed E-state index contributed by atoms with van der Waals surface area (Å²) >= 11 is 0. The molecule has 0 bridgehead atoms. The standard InChI is InChI=1S/C59H35N3O/c1-2-15-35(16-3-1)36-29-30-54-50(32-36)57-58(63-54)56(46-26-14-18-38-31-37-17-4-5-19-39(37)55(38)46)60-59(61-57)49-33-47-42-22-8-6-20-40(42)41-21-7-9-23-43(41)48(47)34-53(49)62-51-27-12-10-24-44(51)45-25-11-13-28-52(45)62/h1-30,32-34H,31H2. The summed E-state index contributed by atoms with van der Waals surface area (Å²) in [5.74, 6) is 0.644. The van der Waals surface area contributed by atoms with Crippen molar-refractivity contribution < 1.29 is 4.42 Å². The molecule has 0 saturated carbocycles. The SMILES string of the molecule is c1ccc(-c2ccc3oc4c(-c5cccc6c5-c5ccccc5C6)nc(-c5cc6c7ccccc7c7ccccc7c6cc5-n5c6ccccc6c6ccccc65)nc4c3c2)cc1. The van der Waals surface area contributed by atoms with E-state index < -0.39 is 0 Å². The molecule has 0 unspecified atom stereocenters. The average molecular weight is 802 g/mol. The Kier molecular flexibility index (Phi) is 7.14. The van der Waals surface area contributed by atoms with E-state index in [2.05, 4.69) is 205 Å². The van der Waals surface area contributed by atoms with Gasteiger partial charge in [-0.1, -0.05) is 164 Å². The number of hydrogen-bond acceptors (Lipinski definition) is 3. The van der Waals surface area contributed by atoms with Gasteiger partial charge in [0, 0.05) is 27.3 Å². The first kappa shape index (κ1) is 34.4.